The number of aliphatic imine (C=N–C) groups is 1. The second-order valence-electron chi connectivity index (χ2n) is 9.60. The van der Waals surface area contributed by atoms with Gasteiger partial charge in [0.25, 0.3) is 0 Å². The molecule has 0 saturated carbocycles. The largest absolute Gasteiger partial charge is 0.494 e. The summed E-state index contributed by atoms with van der Waals surface area (Å²) in [7, 11) is -0.392. The summed E-state index contributed by atoms with van der Waals surface area (Å²) < 4.78 is 17.6. The molecule has 6 nitrogen and oxygen atoms in total. The van der Waals surface area contributed by atoms with Gasteiger partial charge in [-0.2, -0.15) is 0 Å². The molecule has 2 aliphatic rings. The number of nitrogens with zero attached hydrogens (tertiary/aromatic N) is 1. The second-order valence-corrected chi connectivity index (χ2v) is 9.60. The SMILES string of the molecule is CC(C)(C)OC(=O)NCC1=NC=C(c2cccc(B3OC(C)(C)C(C)(C)O3)c2)C1. The van der Waals surface area contributed by atoms with Crippen molar-refractivity contribution >= 4 is 30.0 Å². The molecular formula is C22H31BN2O4. The van der Waals surface area contributed by atoms with Crippen LogP contribution in [-0.4, -0.2) is 42.3 Å². The Bertz CT molecular complexity index is 837. The van der Waals surface area contributed by atoms with Crippen molar-refractivity contribution in [1.29, 1.82) is 0 Å². The number of allylic oxidation sites excluding steroid dienone is 1. The highest BCUT2D eigenvalue weighted by Gasteiger charge is 2.51. The van der Waals surface area contributed by atoms with Crippen molar-refractivity contribution in [2.45, 2.75) is 71.7 Å². The van der Waals surface area contributed by atoms with Crippen LogP contribution in [0.1, 0.15) is 60.5 Å². The first-order valence-electron chi connectivity index (χ1n) is 10.0. The van der Waals surface area contributed by atoms with Crippen LogP contribution in [0.3, 0.4) is 0 Å². The summed E-state index contributed by atoms with van der Waals surface area (Å²) >= 11 is 0. The number of alkyl carbamates (subject to hydrolysis) is 1. The van der Waals surface area contributed by atoms with E-state index in [1.54, 1.807) is 0 Å². The van der Waals surface area contributed by atoms with Crippen LogP contribution in [0.25, 0.3) is 5.57 Å². The van der Waals surface area contributed by atoms with Gasteiger partial charge in [0.05, 0.1) is 17.7 Å². The van der Waals surface area contributed by atoms with Crippen LogP contribution >= 0.6 is 0 Å². The van der Waals surface area contributed by atoms with Crippen molar-refractivity contribution in [2.24, 2.45) is 4.99 Å². The summed E-state index contributed by atoms with van der Waals surface area (Å²) in [4.78, 5) is 16.3. The minimum Gasteiger partial charge on any atom is -0.444 e. The summed E-state index contributed by atoms with van der Waals surface area (Å²) in [5.41, 5.74) is 2.80. The molecular weight excluding hydrogens is 367 g/mol. The highest BCUT2D eigenvalue weighted by molar-refractivity contribution is 6.62. The lowest BCUT2D eigenvalue weighted by Gasteiger charge is -2.32. The topological polar surface area (TPSA) is 69.2 Å². The van der Waals surface area contributed by atoms with Gasteiger partial charge < -0.3 is 19.4 Å². The van der Waals surface area contributed by atoms with Gasteiger partial charge in [-0.15, -0.1) is 0 Å². The van der Waals surface area contributed by atoms with E-state index in [2.05, 4.69) is 22.4 Å². The van der Waals surface area contributed by atoms with Crippen molar-refractivity contribution in [3.63, 3.8) is 0 Å². The summed E-state index contributed by atoms with van der Waals surface area (Å²) in [6, 6.07) is 8.18. The predicted octanol–water partition coefficient (Wildman–Crippen LogP) is 3.70. The number of amides is 1. The minimum atomic E-state index is -0.515. The van der Waals surface area contributed by atoms with Gasteiger partial charge in [0.2, 0.25) is 0 Å². The molecule has 0 spiro atoms. The molecule has 0 aromatic heterocycles. The Morgan fingerprint density at radius 1 is 1.21 bits per heavy atom. The molecule has 0 radical (unpaired) electrons. The monoisotopic (exact) mass is 398 g/mol. The zero-order chi connectivity index (χ0) is 21.4. The van der Waals surface area contributed by atoms with Crippen LogP contribution in [0.4, 0.5) is 4.79 Å². The number of carbonyl (C=O) groups excluding carboxylic acids is 1. The van der Waals surface area contributed by atoms with E-state index in [1.807, 2.05) is 66.8 Å². The third kappa shape index (κ3) is 5.09. The summed E-state index contributed by atoms with van der Waals surface area (Å²) in [6.07, 6.45) is 2.11. The molecule has 0 aliphatic carbocycles. The quantitative estimate of drug-likeness (QED) is 0.786. The summed E-state index contributed by atoms with van der Waals surface area (Å²) in [5.74, 6) is 0. The molecule has 1 saturated heterocycles. The Morgan fingerprint density at radius 3 is 2.48 bits per heavy atom. The van der Waals surface area contributed by atoms with Crippen molar-refractivity contribution in [3.8, 4) is 0 Å². The van der Waals surface area contributed by atoms with Crippen LogP contribution in [0.5, 0.6) is 0 Å². The smallest absolute Gasteiger partial charge is 0.444 e. The maximum absolute atomic E-state index is 11.8. The van der Waals surface area contributed by atoms with Gasteiger partial charge in [0.1, 0.15) is 5.60 Å². The average molecular weight is 398 g/mol. The van der Waals surface area contributed by atoms with E-state index in [0.717, 1.165) is 22.3 Å². The van der Waals surface area contributed by atoms with Gasteiger partial charge in [-0.3, -0.25) is 4.99 Å². The van der Waals surface area contributed by atoms with E-state index >= 15 is 0 Å². The molecule has 156 valence electrons. The van der Waals surface area contributed by atoms with Crippen molar-refractivity contribution in [1.82, 2.24) is 5.32 Å². The number of carbonyl (C=O) groups is 1. The fourth-order valence-electron chi connectivity index (χ4n) is 3.12. The standard InChI is InChI=1S/C22H31BN2O4/c1-20(2,3)27-19(26)25-14-18-12-16(13-24-18)15-9-8-10-17(11-15)23-28-21(4,5)22(6,7)29-23/h8-11,13H,12,14H2,1-7H3,(H,25,26). The molecule has 2 aliphatic heterocycles. The molecule has 0 unspecified atom stereocenters. The molecule has 1 aromatic rings. The maximum atomic E-state index is 11.8. The van der Waals surface area contributed by atoms with Gasteiger partial charge in [0.15, 0.2) is 0 Å². The Kier molecular flexibility index (Phi) is 5.67. The molecule has 2 heterocycles. The first kappa shape index (κ1) is 21.6. The molecule has 1 aromatic carbocycles. The number of rotatable bonds is 4. The lowest BCUT2D eigenvalue weighted by molar-refractivity contribution is 0.00578. The lowest BCUT2D eigenvalue weighted by Crippen LogP contribution is -2.41. The van der Waals surface area contributed by atoms with Gasteiger partial charge in [-0.05, 0) is 65.1 Å². The fourth-order valence-corrected chi connectivity index (χ4v) is 3.12. The van der Waals surface area contributed by atoms with Gasteiger partial charge >= 0.3 is 13.2 Å². The highest BCUT2D eigenvalue weighted by Crippen LogP contribution is 2.36. The Hall–Kier alpha value is -2.12. The molecule has 3 rings (SSSR count). The van der Waals surface area contributed by atoms with Gasteiger partial charge in [-0.25, -0.2) is 4.79 Å². The third-order valence-corrected chi connectivity index (χ3v) is 5.42. The van der Waals surface area contributed by atoms with E-state index in [4.69, 9.17) is 14.0 Å². The van der Waals surface area contributed by atoms with Crippen molar-refractivity contribution in [3.05, 3.63) is 36.0 Å². The first-order valence-corrected chi connectivity index (χ1v) is 10.0. The normalized spacial score (nSPS) is 20.3. The molecule has 1 N–H and O–H groups in total. The van der Waals surface area contributed by atoms with Crippen molar-refractivity contribution < 1.29 is 18.8 Å². The third-order valence-electron chi connectivity index (χ3n) is 5.42. The molecule has 1 amide bonds. The number of hydrogen-bond donors (Lipinski definition) is 1. The van der Waals surface area contributed by atoms with E-state index in [0.29, 0.717) is 13.0 Å². The lowest BCUT2D eigenvalue weighted by atomic mass is 9.78. The van der Waals surface area contributed by atoms with Gasteiger partial charge in [0, 0.05) is 18.3 Å². The first-order chi connectivity index (χ1) is 13.4. The Morgan fingerprint density at radius 2 is 1.86 bits per heavy atom. The fraction of sp³-hybridized carbons (Fsp3) is 0.545. The number of benzene rings is 1. The van der Waals surface area contributed by atoms with E-state index in [-0.39, 0.29) is 11.2 Å². The Labute approximate surface area is 173 Å². The van der Waals surface area contributed by atoms with E-state index in [1.165, 1.54) is 0 Å². The number of hydrogen-bond acceptors (Lipinski definition) is 5. The highest BCUT2D eigenvalue weighted by atomic mass is 16.7. The zero-order valence-corrected chi connectivity index (χ0v) is 18.5. The number of nitrogens with one attached hydrogen (secondary N) is 1. The van der Waals surface area contributed by atoms with Crippen molar-refractivity contribution in [2.75, 3.05) is 6.54 Å². The molecule has 1 fully saturated rings. The number of ether oxygens (including phenoxy) is 1. The van der Waals surface area contributed by atoms with Crippen LogP contribution in [0.15, 0.2) is 35.5 Å². The Balaban J connectivity index is 1.60. The van der Waals surface area contributed by atoms with E-state index < -0.39 is 18.8 Å². The predicted molar refractivity (Wildman–Crippen MR) is 116 cm³/mol. The van der Waals surface area contributed by atoms with Gasteiger partial charge in [-0.1, -0.05) is 24.3 Å². The van der Waals surface area contributed by atoms with Crippen LogP contribution < -0.4 is 10.8 Å². The molecule has 29 heavy (non-hydrogen) atoms. The summed E-state index contributed by atoms with van der Waals surface area (Å²) in [6.45, 7) is 14.1. The van der Waals surface area contributed by atoms with E-state index in [9.17, 15) is 4.79 Å². The van der Waals surface area contributed by atoms with Crippen LogP contribution in [-0.2, 0) is 14.0 Å². The van der Waals surface area contributed by atoms with Crippen LogP contribution in [0, 0.1) is 0 Å². The average Bonchev–Trinajstić information content (AvgIpc) is 3.14. The summed E-state index contributed by atoms with van der Waals surface area (Å²) in [5, 5.41) is 2.76. The molecule has 0 atom stereocenters. The van der Waals surface area contributed by atoms with Crippen LogP contribution in [0.2, 0.25) is 0 Å². The second kappa shape index (κ2) is 7.61. The molecule has 7 heteroatoms. The zero-order valence-electron chi connectivity index (χ0n) is 18.5. The maximum Gasteiger partial charge on any atom is 0.494 e. The molecule has 0 bridgehead atoms. The minimum absolute atomic E-state index is 0.367.